The minimum absolute atomic E-state index is 0.257. The van der Waals surface area contributed by atoms with Gasteiger partial charge in [-0.25, -0.2) is 4.98 Å². The molecule has 0 radical (unpaired) electrons. The molecule has 1 unspecified atom stereocenters. The van der Waals surface area contributed by atoms with Gasteiger partial charge >= 0.3 is 0 Å². The Morgan fingerprint density at radius 1 is 1.00 bits per heavy atom. The van der Waals surface area contributed by atoms with Gasteiger partial charge in [-0.1, -0.05) is 72.3 Å². The zero-order valence-electron chi connectivity index (χ0n) is 18.5. The van der Waals surface area contributed by atoms with Crippen LogP contribution in [0.2, 0.25) is 5.02 Å². The molecule has 1 fully saturated rings. The molecule has 1 aliphatic rings. The number of halogens is 1. The van der Waals surface area contributed by atoms with Crippen LogP contribution in [0.3, 0.4) is 0 Å². The summed E-state index contributed by atoms with van der Waals surface area (Å²) in [5, 5.41) is 5.83. The van der Waals surface area contributed by atoms with Crippen LogP contribution in [0.25, 0.3) is 11.0 Å². The number of aromatic nitrogens is 2. The lowest BCUT2D eigenvalue weighted by molar-refractivity contribution is 0.179. The van der Waals surface area contributed by atoms with Crippen molar-refractivity contribution in [2.45, 2.75) is 38.4 Å². The van der Waals surface area contributed by atoms with E-state index in [1.165, 1.54) is 11.1 Å². The van der Waals surface area contributed by atoms with E-state index in [-0.39, 0.29) is 5.92 Å². The third kappa shape index (κ3) is 4.65. The molecule has 2 aromatic heterocycles. The van der Waals surface area contributed by atoms with Gasteiger partial charge in [-0.2, -0.15) is 5.10 Å². The van der Waals surface area contributed by atoms with Crippen molar-refractivity contribution < 1.29 is 0 Å². The number of aromatic amines is 1. The van der Waals surface area contributed by atoms with Gasteiger partial charge in [0.25, 0.3) is 0 Å². The van der Waals surface area contributed by atoms with Gasteiger partial charge in [0.2, 0.25) is 0 Å². The van der Waals surface area contributed by atoms with Crippen molar-refractivity contribution in [1.29, 1.82) is 0 Å². The lowest BCUT2D eigenvalue weighted by Gasteiger charge is -2.29. The van der Waals surface area contributed by atoms with Crippen LogP contribution in [0.15, 0.2) is 84.2 Å². The van der Waals surface area contributed by atoms with E-state index in [0.717, 1.165) is 54.7 Å². The van der Waals surface area contributed by atoms with Crippen LogP contribution < -0.4 is 5.84 Å². The summed E-state index contributed by atoms with van der Waals surface area (Å²) >= 11 is 6.60. The van der Waals surface area contributed by atoms with Crippen LogP contribution >= 0.6 is 11.6 Å². The monoisotopic (exact) mass is 457 g/mol. The van der Waals surface area contributed by atoms with Crippen molar-refractivity contribution in [3.05, 3.63) is 101 Å². The highest BCUT2D eigenvalue weighted by Gasteiger charge is 2.34. The predicted molar refractivity (Wildman–Crippen MR) is 135 cm³/mol. The van der Waals surface area contributed by atoms with Crippen molar-refractivity contribution in [1.82, 2.24) is 14.9 Å². The molecule has 0 bridgehead atoms. The van der Waals surface area contributed by atoms with Crippen molar-refractivity contribution >= 4 is 28.3 Å². The third-order valence-corrected chi connectivity index (χ3v) is 6.99. The molecule has 0 spiro atoms. The minimum atomic E-state index is 0.257. The minimum Gasteiger partial charge on any atom is -0.346 e. The van der Waals surface area contributed by atoms with Gasteiger partial charge in [-0.3, -0.25) is 4.90 Å². The first-order valence-electron chi connectivity index (χ1n) is 11.4. The fourth-order valence-corrected chi connectivity index (χ4v) is 5.35. The van der Waals surface area contributed by atoms with Gasteiger partial charge in [-0.15, -0.1) is 0 Å². The summed E-state index contributed by atoms with van der Waals surface area (Å²) in [5.41, 5.74) is 5.26. The fraction of sp³-hybridized carbons (Fsp3) is 0.259. The highest BCUT2D eigenvalue weighted by atomic mass is 35.5. The quantitative estimate of drug-likeness (QED) is 0.211. The Balaban J connectivity index is 1.40. The lowest BCUT2D eigenvalue weighted by Crippen LogP contribution is -2.33. The lowest BCUT2D eigenvalue weighted by atomic mass is 9.93. The van der Waals surface area contributed by atoms with Gasteiger partial charge in [-0.05, 0) is 36.5 Å². The average molecular weight is 458 g/mol. The first-order valence-corrected chi connectivity index (χ1v) is 11.8. The molecule has 6 heteroatoms. The summed E-state index contributed by atoms with van der Waals surface area (Å²) in [5.74, 6) is 6.22. The van der Waals surface area contributed by atoms with Gasteiger partial charge < -0.3 is 10.8 Å². The Morgan fingerprint density at radius 2 is 1.67 bits per heavy atom. The number of rotatable bonds is 7. The van der Waals surface area contributed by atoms with Gasteiger partial charge in [0.15, 0.2) is 0 Å². The van der Waals surface area contributed by atoms with Crippen LogP contribution in [0, 0.1) is 5.92 Å². The summed E-state index contributed by atoms with van der Waals surface area (Å²) in [6.07, 6.45) is 6.70. The molecule has 5 nitrogen and oxygen atoms in total. The molecule has 2 atom stereocenters. The number of nitrogens with zero attached hydrogens (tertiary/aromatic N) is 3. The molecule has 168 valence electrons. The Labute approximate surface area is 199 Å². The fourth-order valence-electron chi connectivity index (χ4n) is 5.11. The maximum Gasteiger partial charge on any atom is 0.137 e. The summed E-state index contributed by atoms with van der Waals surface area (Å²) in [7, 11) is 0. The number of nitrogens with one attached hydrogen (secondary N) is 1. The van der Waals surface area contributed by atoms with E-state index < -0.39 is 0 Å². The molecule has 5 rings (SSSR count). The highest BCUT2D eigenvalue weighted by Crippen LogP contribution is 2.36. The molecule has 2 aromatic carbocycles. The topological polar surface area (TPSA) is 70.3 Å². The Bertz CT molecular complexity index is 1190. The number of fused-ring (bicyclic) bond motifs is 1. The predicted octanol–water partition coefficient (Wildman–Crippen LogP) is 5.75. The van der Waals surface area contributed by atoms with Gasteiger partial charge in [0.05, 0.1) is 10.7 Å². The standard InChI is InChI=1S/C27H28ClN5/c28-24-16-31-27-23(13-14-30-27)25(24)26(32-29)21-11-12-22(15-21)33(17-19-7-3-1-4-8-19)18-20-9-5-2-6-10-20/h1-10,13-14,16,21-22H,11-12,15,17-18,29H2,(H,30,31)/b32-26+/t21?,22-/m0/s1. The number of benzene rings is 2. The molecule has 1 saturated carbocycles. The maximum absolute atomic E-state index is 6.60. The Kier molecular flexibility index (Phi) is 6.42. The summed E-state index contributed by atoms with van der Waals surface area (Å²) < 4.78 is 0. The SMILES string of the molecule is N/N=C(/c1c(Cl)cnc2[nH]ccc12)C1CC[C@H](N(Cc2ccccc2)Cc2ccccc2)C1. The molecule has 3 N–H and O–H groups in total. The molecule has 0 aliphatic heterocycles. The number of hydrogen-bond acceptors (Lipinski definition) is 4. The summed E-state index contributed by atoms with van der Waals surface area (Å²) in [6.45, 7) is 1.83. The van der Waals surface area contributed by atoms with E-state index in [9.17, 15) is 0 Å². The van der Waals surface area contributed by atoms with Crippen LogP contribution in [0.5, 0.6) is 0 Å². The molecule has 0 amide bonds. The molecule has 0 saturated heterocycles. The van der Waals surface area contributed by atoms with Crippen LogP contribution in [-0.4, -0.2) is 26.6 Å². The van der Waals surface area contributed by atoms with Gasteiger partial charge in [0, 0.05) is 48.4 Å². The second-order valence-electron chi connectivity index (χ2n) is 8.78. The van der Waals surface area contributed by atoms with Crippen LogP contribution in [-0.2, 0) is 13.1 Å². The maximum atomic E-state index is 6.60. The van der Waals surface area contributed by atoms with Crippen molar-refractivity contribution in [3.63, 3.8) is 0 Å². The Hall–Kier alpha value is -3.15. The third-order valence-electron chi connectivity index (χ3n) is 6.70. The largest absolute Gasteiger partial charge is 0.346 e. The first kappa shape index (κ1) is 21.7. The van der Waals surface area contributed by atoms with E-state index in [1.807, 2.05) is 12.3 Å². The molecular formula is C27H28ClN5. The van der Waals surface area contributed by atoms with Gasteiger partial charge in [0.1, 0.15) is 5.65 Å². The number of hydrazone groups is 1. The van der Waals surface area contributed by atoms with E-state index in [1.54, 1.807) is 6.20 Å². The normalized spacial score (nSPS) is 18.9. The number of nitrogens with two attached hydrogens (primary N) is 1. The van der Waals surface area contributed by atoms with Crippen molar-refractivity contribution in [2.24, 2.45) is 16.9 Å². The summed E-state index contributed by atoms with van der Waals surface area (Å²) in [6, 6.07) is 23.8. The van der Waals surface area contributed by atoms with E-state index in [2.05, 4.69) is 80.6 Å². The van der Waals surface area contributed by atoms with E-state index in [4.69, 9.17) is 17.4 Å². The van der Waals surface area contributed by atoms with Crippen LogP contribution in [0.1, 0.15) is 36.0 Å². The summed E-state index contributed by atoms with van der Waals surface area (Å²) in [4.78, 5) is 10.2. The van der Waals surface area contributed by atoms with E-state index in [0.29, 0.717) is 11.1 Å². The van der Waals surface area contributed by atoms with Crippen molar-refractivity contribution in [2.75, 3.05) is 0 Å². The molecule has 2 heterocycles. The van der Waals surface area contributed by atoms with E-state index >= 15 is 0 Å². The molecular weight excluding hydrogens is 430 g/mol. The second kappa shape index (κ2) is 9.77. The Morgan fingerprint density at radius 3 is 2.30 bits per heavy atom. The second-order valence-corrected chi connectivity index (χ2v) is 9.18. The smallest absolute Gasteiger partial charge is 0.137 e. The van der Waals surface area contributed by atoms with Crippen molar-refractivity contribution in [3.8, 4) is 0 Å². The average Bonchev–Trinajstić information content (AvgIpc) is 3.52. The molecule has 4 aromatic rings. The van der Waals surface area contributed by atoms with Crippen LogP contribution in [0.4, 0.5) is 0 Å². The number of H-pyrrole nitrogens is 1. The first-order chi connectivity index (χ1) is 16.2. The molecule has 1 aliphatic carbocycles. The zero-order valence-corrected chi connectivity index (χ0v) is 19.2. The number of pyridine rings is 1. The zero-order chi connectivity index (χ0) is 22.6. The number of hydrogen-bond donors (Lipinski definition) is 2. The highest BCUT2D eigenvalue weighted by molar-refractivity contribution is 6.36. The molecule has 33 heavy (non-hydrogen) atoms.